The summed E-state index contributed by atoms with van der Waals surface area (Å²) in [7, 11) is 0. The first-order chi connectivity index (χ1) is 5.29. The zero-order valence-electron chi connectivity index (χ0n) is 5.86. The van der Waals surface area contributed by atoms with E-state index >= 15 is 0 Å². The first kappa shape index (κ1) is 6.79. The molecule has 3 nitrogen and oxygen atoms in total. The molecule has 0 radical (unpaired) electrons. The van der Waals surface area contributed by atoms with Gasteiger partial charge in [-0.05, 0) is 0 Å². The second-order valence-electron chi connectivity index (χ2n) is 2.60. The van der Waals surface area contributed by atoms with Crippen LogP contribution in [0.3, 0.4) is 0 Å². The van der Waals surface area contributed by atoms with Crippen LogP contribution in [-0.2, 0) is 0 Å². The Bertz CT molecular complexity index is 248. The molecule has 1 aromatic carbocycles. The fourth-order valence-corrected chi connectivity index (χ4v) is 1.34. The molecule has 3 N–H and O–H groups in total. The molecule has 0 bridgehead atoms. The van der Waals surface area contributed by atoms with Gasteiger partial charge in [0.25, 0.3) is 0 Å². The minimum Gasteiger partial charge on any atom is -0.374 e. The van der Waals surface area contributed by atoms with E-state index in [0.717, 1.165) is 11.1 Å². The van der Waals surface area contributed by atoms with E-state index in [0.29, 0.717) is 0 Å². The highest BCUT2D eigenvalue weighted by molar-refractivity contribution is 5.33. The van der Waals surface area contributed by atoms with Crippen LogP contribution in [0.1, 0.15) is 23.6 Å². The van der Waals surface area contributed by atoms with E-state index < -0.39 is 12.5 Å². The van der Waals surface area contributed by atoms with E-state index in [1.54, 1.807) is 12.1 Å². The minimum atomic E-state index is -0.721. The van der Waals surface area contributed by atoms with Crippen molar-refractivity contribution in [3.8, 4) is 0 Å². The summed E-state index contributed by atoms with van der Waals surface area (Å²) in [4.78, 5) is 0. The van der Waals surface area contributed by atoms with Gasteiger partial charge in [-0.25, -0.2) is 0 Å². The molecule has 1 aliphatic heterocycles. The maximum absolute atomic E-state index is 9.28. The largest absolute Gasteiger partial charge is 0.374 e. The SMILES string of the molecule is OC1NC(O)c2ccccc21. The van der Waals surface area contributed by atoms with Crippen molar-refractivity contribution in [1.29, 1.82) is 0 Å². The van der Waals surface area contributed by atoms with Gasteiger partial charge in [0.2, 0.25) is 0 Å². The van der Waals surface area contributed by atoms with Crippen molar-refractivity contribution >= 4 is 0 Å². The zero-order chi connectivity index (χ0) is 7.84. The molecule has 0 spiro atoms. The Morgan fingerprint density at radius 1 is 1.00 bits per heavy atom. The molecular weight excluding hydrogens is 142 g/mol. The Labute approximate surface area is 64.3 Å². The normalized spacial score (nSPS) is 28.5. The number of rotatable bonds is 0. The molecule has 3 heteroatoms. The highest BCUT2D eigenvalue weighted by Crippen LogP contribution is 2.28. The van der Waals surface area contributed by atoms with Gasteiger partial charge in [-0.1, -0.05) is 24.3 Å². The van der Waals surface area contributed by atoms with Gasteiger partial charge in [-0.3, -0.25) is 5.32 Å². The number of nitrogens with one attached hydrogen (secondary N) is 1. The standard InChI is InChI=1S/C8H9NO2/c10-7-5-3-1-2-4-6(5)8(11)9-7/h1-4,7-11H. The highest BCUT2D eigenvalue weighted by atomic mass is 16.3. The number of hydrogen-bond acceptors (Lipinski definition) is 3. The van der Waals surface area contributed by atoms with Crippen molar-refractivity contribution in [2.75, 3.05) is 0 Å². The summed E-state index contributed by atoms with van der Waals surface area (Å²) >= 11 is 0. The lowest BCUT2D eigenvalue weighted by Gasteiger charge is -2.02. The molecule has 0 aliphatic carbocycles. The maximum Gasteiger partial charge on any atom is 0.133 e. The molecule has 0 saturated carbocycles. The number of aliphatic hydroxyl groups is 2. The van der Waals surface area contributed by atoms with Crippen molar-refractivity contribution in [2.24, 2.45) is 0 Å². The van der Waals surface area contributed by atoms with Crippen molar-refractivity contribution < 1.29 is 10.2 Å². The van der Waals surface area contributed by atoms with Gasteiger partial charge >= 0.3 is 0 Å². The highest BCUT2D eigenvalue weighted by Gasteiger charge is 2.25. The summed E-state index contributed by atoms with van der Waals surface area (Å²) in [6, 6.07) is 7.26. The summed E-state index contributed by atoms with van der Waals surface area (Å²) in [6.07, 6.45) is -1.44. The van der Waals surface area contributed by atoms with Crippen LogP contribution in [0.5, 0.6) is 0 Å². The summed E-state index contributed by atoms with van der Waals surface area (Å²) in [5, 5.41) is 21.2. The number of benzene rings is 1. The number of fused-ring (bicyclic) bond motifs is 1. The van der Waals surface area contributed by atoms with Gasteiger partial charge in [-0.15, -0.1) is 0 Å². The fraction of sp³-hybridized carbons (Fsp3) is 0.250. The van der Waals surface area contributed by atoms with Crippen LogP contribution in [0, 0.1) is 0 Å². The van der Waals surface area contributed by atoms with Gasteiger partial charge in [0.15, 0.2) is 0 Å². The lowest BCUT2D eigenvalue weighted by molar-refractivity contribution is 0.0671. The molecule has 0 amide bonds. The number of aliphatic hydroxyl groups excluding tert-OH is 2. The first-order valence-corrected chi connectivity index (χ1v) is 3.50. The average Bonchev–Trinajstić information content (AvgIpc) is 2.30. The fourth-order valence-electron chi connectivity index (χ4n) is 1.34. The van der Waals surface area contributed by atoms with Gasteiger partial charge in [0, 0.05) is 11.1 Å². The lowest BCUT2D eigenvalue weighted by atomic mass is 10.1. The van der Waals surface area contributed by atoms with Crippen LogP contribution in [-0.4, -0.2) is 10.2 Å². The molecule has 2 atom stereocenters. The average molecular weight is 151 g/mol. The molecule has 2 rings (SSSR count). The van der Waals surface area contributed by atoms with Crippen LogP contribution in [0.15, 0.2) is 24.3 Å². The molecule has 58 valence electrons. The van der Waals surface area contributed by atoms with Crippen molar-refractivity contribution in [3.05, 3.63) is 35.4 Å². The van der Waals surface area contributed by atoms with Crippen LogP contribution in [0.25, 0.3) is 0 Å². The molecule has 0 saturated heterocycles. The lowest BCUT2D eigenvalue weighted by Crippen LogP contribution is -2.16. The molecule has 0 fully saturated rings. The third-order valence-electron chi connectivity index (χ3n) is 1.90. The second kappa shape index (κ2) is 2.30. The Hall–Kier alpha value is -0.900. The van der Waals surface area contributed by atoms with E-state index in [-0.39, 0.29) is 0 Å². The van der Waals surface area contributed by atoms with Gasteiger partial charge < -0.3 is 10.2 Å². The second-order valence-corrected chi connectivity index (χ2v) is 2.60. The quantitative estimate of drug-likeness (QED) is 0.499. The van der Waals surface area contributed by atoms with E-state index in [9.17, 15) is 10.2 Å². The Morgan fingerprint density at radius 2 is 1.45 bits per heavy atom. The number of hydrogen-bond donors (Lipinski definition) is 3. The zero-order valence-corrected chi connectivity index (χ0v) is 5.86. The van der Waals surface area contributed by atoms with Gasteiger partial charge in [0.1, 0.15) is 12.5 Å². The minimum absolute atomic E-state index is 0.721. The molecule has 2 unspecified atom stereocenters. The third kappa shape index (κ3) is 0.939. The van der Waals surface area contributed by atoms with E-state index in [2.05, 4.69) is 5.32 Å². The summed E-state index contributed by atoms with van der Waals surface area (Å²) in [6.45, 7) is 0. The molecule has 0 aromatic heterocycles. The van der Waals surface area contributed by atoms with Crippen LogP contribution >= 0.6 is 0 Å². The first-order valence-electron chi connectivity index (χ1n) is 3.50. The van der Waals surface area contributed by atoms with Crippen molar-refractivity contribution in [1.82, 2.24) is 5.32 Å². The van der Waals surface area contributed by atoms with Crippen molar-refractivity contribution in [2.45, 2.75) is 12.5 Å². The van der Waals surface area contributed by atoms with E-state index in [1.165, 1.54) is 0 Å². The molecule has 1 heterocycles. The summed E-state index contributed by atoms with van der Waals surface area (Å²) in [5.41, 5.74) is 1.53. The Kier molecular flexibility index (Phi) is 1.42. The Morgan fingerprint density at radius 3 is 1.91 bits per heavy atom. The molecule has 1 aliphatic rings. The molecular formula is C8H9NO2. The molecule has 11 heavy (non-hydrogen) atoms. The maximum atomic E-state index is 9.28. The van der Waals surface area contributed by atoms with Gasteiger partial charge in [-0.2, -0.15) is 0 Å². The predicted molar refractivity (Wildman–Crippen MR) is 39.5 cm³/mol. The van der Waals surface area contributed by atoms with Crippen molar-refractivity contribution in [3.63, 3.8) is 0 Å². The Balaban J connectivity index is 2.52. The topological polar surface area (TPSA) is 52.5 Å². The summed E-state index contributed by atoms with van der Waals surface area (Å²) < 4.78 is 0. The van der Waals surface area contributed by atoms with E-state index in [4.69, 9.17) is 0 Å². The van der Waals surface area contributed by atoms with E-state index in [1.807, 2.05) is 12.1 Å². The van der Waals surface area contributed by atoms with Crippen LogP contribution in [0.4, 0.5) is 0 Å². The third-order valence-corrected chi connectivity index (χ3v) is 1.90. The van der Waals surface area contributed by atoms with Gasteiger partial charge in [0.05, 0.1) is 0 Å². The van der Waals surface area contributed by atoms with Crippen LogP contribution in [0.2, 0.25) is 0 Å². The summed E-state index contributed by atoms with van der Waals surface area (Å²) in [5.74, 6) is 0. The monoisotopic (exact) mass is 151 g/mol. The molecule has 1 aromatic rings. The predicted octanol–water partition coefficient (Wildman–Crippen LogP) is 0.272. The smallest absolute Gasteiger partial charge is 0.133 e. The van der Waals surface area contributed by atoms with Crippen LogP contribution < -0.4 is 5.32 Å².